The van der Waals surface area contributed by atoms with Gasteiger partial charge in [-0.1, -0.05) is 73.2 Å². The van der Waals surface area contributed by atoms with Crippen molar-refractivity contribution in [1.82, 2.24) is 5.32 Å². The third-order valence-corrected chi connectivity index (χ3v) is 5.88. The highest BCUT2D eigenvalue weighted by atomic mass is 32.2. The number of para-hydroxylation sites is 2. The summed E-state index contributed by atoms with van der Waals surface area (Å²) in [5, 5.41) is 3.46. The first-order chi connectivity index (χ1) is 15.1. The zero-order chi connectivity index (χ0) is 21.6. The molecule has 31 heavy (non-hydrogen) atoms. The van der Waals surface area contributed by atoms with Crippen LogP contribution in [0.1, 0.15) is 29.2 Å². The van der Waals surface area contributed by atoms with Crippen LogP contribution in [0.15, 0.2) is 82.7 Å². The third kappa shape index (κ3) is 5.25. The van der Waals surface area contributed by atoms with Crippen molar-refractivity contribution in [3.8, 4) is 5.75 Å². The number of thioether (sulfide) groups is 1. The quantitative estimate of drug-likeness (QED) is 0.488. The summed E-state index contributed by atoms with van der Waals surface area (Å²) < 4.78 is 6.05. The lowest BCUT2D eigenvalue weighted by molar-refractivity contribution is -0.115. The molecule has 4 rings (SSSR count). The molecule has 0 spiro atoms. The van der Waals surface area contributed by atoms with Gasteiger partial charge in [0.25, 0.3) is 5.91 Å². The molecule has 0 atom stereocenters. The van der Waals surface area contributed by atoms with Gasteiger partial charge in [0.15, 0.2) is 5.17 Å². The number of benzene rings is 3. The molecule has 3 aromatic carbocycles. The van der Waals surface area contributed by atoms with E-state index in [1.54, 1.807) is 0 Å². The second-order valence-corrected chi connectivity index (χ2v) is 8.31. The number of carbonyl (C=O) groups is 1. The van der Waals surface area contributed by atoms with Gasteiger partial charge in [-0.05, 0) is 54.4 Å². The van der Waals surface area contributed by atoms with Gasteiger partial charge < -0.3 is 10.1 Å². The molecule has 0 aliphatic carbocycles. The van der Waals surface area contributed by atoms with Crippen LogP contribution < -0.4 is 10.1 Å². The fourth-order valence-corrected chi connectivity index (χ4v) is 4.05. The maximum absolute atomic E-state index is 12.5. The fraction of sp³-hybridized carbons (Fsp3) is 0.154. The van der Waals surface area contributed by atoms with E-state index in [0.717, 1.165) is 34.5 Å². The highest BCUT2D eigenvalue weighted by Crippen LogP contribution is 2.31. The standard InChI is InChI=1S/C26H24N2O2S/c1-3-20-8-4-6-10-22(20)27-26-28-25(29)24(31-26)16-21-9-5-7-11-23(21)30-17-19-14-12-18(2)13-15-19/h4-16H,3,17H2,1-2H3,(H,27,28,29). The Morgan fingerprint density at radius 1 is 1.00 bits per heavy atom. The molecule has 0 bridgehead atoms. The second kappa shape index (κ2) is 9.67. The maximum Gasteiger partial charge on any atom is 0.264 e. The summed E-state index contributed by atoms with van der Waals surface area (Å²) >= 11 is 1.35. The molecule has 1 aliphatic heterocycles. The van der Waals surface area contributed by atoms with Crippen molar-refractivity contribution in [2.45, 2.75) is 26.9 Å². The molecule has 0 radical (unpaired) electrons. The van der Waals surface area contributed by atoms with E-state index in [-0.39, 0.29) is 5.91 Å². The average Bonchev–Trinajstić information content (AvgIpc) is 3.13. The molecule has 1 amide bonds. The van der Waals surface area contributed by atoms with E-state index in [2.05, 4.69) is 54.5 Å². The Bertz CT molecular complexity index is 1150. The minimum Gasteiger partial charge on any atom is -0.488 e. The van der Waals surface area contributed by atoms with Crippen LogP contribution in [0.5, 0.6) is 5.75 Å². The van der Waals surface area contributed by atoms with E-state index >= 15 is 0 Å². The summed E-state index contributed by atoms with van der Waals surface area (Å²) in [5.74, 6) is 0.594. The molecule has 1 aliphatic rings. The number of ether oxygens (including phenoxy) is 1. The van der Waals surface area contributed by atoms with Crippen molar-refractivity contribution in [2.75, 3.05) is 0 Å². The molecule has 0 aromatic heterocycles. The van der Waals surface area contributed by atoms with E-state index < -0.39 is 0 Å². The number of nitrogens with one attached hydrogen (secondary N) is 1. The number of aryl methyl sites for hydroxylation is 2. The number of nitrogens with zero attached hydrogens (tertiary/aromatic N) is 1. The fourth-order valence-electron chi connectivity index (χ4n) is 3.23. The molecular formula is C26H24N2O2S. The lowest BCUT2D eigenvalue weighted by Crippen LogP contribution is -2.19. The molecule has 4 nitrogen and oxygen atoms in total. The van der Waals surface area contributed by atoms with Crippen LogP contribution in [0.25, 0.3) is 6.08 Å². The Hall–Kier alpha value is -3.31. The molecule has 156 valence electrons. The molecule has 0 saturated carbocycles. The van der Waals surface area contributed by atoms with Gasteiger partial charge >= 0.3 is 0 Å². The van der Waals surface area contributed by atoms with Gasteiger partial charge in [-0.2, -0.15) is 0 Å². The first-order valence-electron chi connectivity index (χ1n) is 10.3. The van der Waals surface area contributed by atoms with Crippen LogP contribution in [0.3, 0.4) is 0 Å². The van der Waals surface area contributed by atoms with E-state index in [9.17, 15) is 4.79 Å². The van der Waals surface area contributed by atoms with E-state index in [1.807, 2.05) is 48.5 Å². The number of amides is 1. The summed E-state index contributed by atoms with van der Waals surface area (Å²) in [6.07, 6.45) is 2.75. The number of amidine groups is 1. The maximum atomic E-state index is 12.5. The molecule has 5 heteroatoms. The first-order valence-corrected chi connectivity index (χ1v) is 11.1. The van der Waals surface area contributed by atoms with Crippen LogP contribution in [0.4, 0.5) is 5.69 Å². The van der Waals surface area contributed by atoms with Crippen molar-refractivity contribution in [3.63, 3.8) is 0 Å². The van der Waals surface area contributed by atoms with Crippen molar-refractivity contribution in [2.24, 2.45) is 4.99 Å². The van der Waals surface area contributed by atoms with Crippen molar-refractivity contribution < 1.29 is 9.53 Å². The van der Waals surface area contributed by atoms with Crippen molar-refractivity contribution in [1.29, 1.82) is 0 Å². The summed E-state index contributed by atoms with van der Waals surface area (Å²) in [4.78, 5) is 17.8. The van der Waals surface area contributed by atoms with Crippen LogP contribution in [-0.4, -0.2) is 11.1 Å². The lowest BCUT2D eigenvalue weighted by atomic mass is 10.1. The molecule has 1 heterocycles. The highest BCUT2D eigenvalue weighted by molar-refractivity contribution is 8.18. The van der Waals surface area contributed by atoms with Crippen LogP contribution >= 0.6 is 11.8 Å². The molecule has 1 N–H and O–H groups in total. The Morgan fingerprint density at radius 2 is 1.74 bits per heavy atom. The SMILES string of the molecule is CCc1ccccc1N=C1NC(=O)C(=Cc2ccccc2OCc2ccc(C)cc2)S1. The Morgan fingerprint density at radius 3 is 2.55 bits per heavy atom. The van der Waals surface area contributed by atoms with Crippen molar-refractivity contribution >= 4 is 34.6 Å². The van der Waals surface area contributed by atoms with Gasteiger partial charge in [0.05, 0.1) is 10.6 Å². The number of hydrogen-bond acceptors (Lipinski definition) is 4. The van der Waals surface area contributed by atoms with Crippen LogP contribution in [0, 0.1) is 6.92 Å². The lowest BCUT2D eigenvalue weighted by Gasteiger charge is -2.10. The van der Waals surface area contributed by atoms with Gasteiger partial charge in [0.2, 0.25) is 0 Å². The topological polar surface area (TPSA) is 50.7 Å². The monoisotopic (exact) mass is 428 g/mol. The summed E-state index contributed by atoms with van der Waals surface area (Å²) in [6.45, 7) is 4.63. The summed E-state index contributed by atoms with van der Waals surface area (Å²) in [6, 6.07) is 24.0. The van der Waals surface area contributed by atoms with Gasteiger partial charge in [-0.15, -0.1) is 0 Å². The molecular weight excluding hydrogens is 404 g/mol. The molecule has 1 saturated heterocycles. The molecule has 1 fully saturated rings. The number of rotatable bonds is 6. The van der Waals surface area contributed by atoms with Crippen LogP contribution in [0.2, 0.25) is 0 Å². The minimum atomic E-state index is -0.147. The number of carbonyl (C=O) groups excluding carboxylic acids is 1. The molecule has 0 unspecified atom stereocenters. The van der Waals surface area contributed by atoms with E-state index in [4.69, 9.17) is 4.74 Å². The zero-order valence-corrected chi connectivity index (χ0v) is 18.4. The Balaban J connectivity index is 1.53. The van der Waals surface area contributed by atoms with Gasteiger partial charge in [0, 0.05) is 5.56 Å². The summed E-state index contributed by atoms with van der Waals surface area (Å²) in [7, 11) is 0. The smallest absolute Gasteiger partial charge is 0.264 e. The number of aliphatic imine (C=N–C) groups is 1. The van der Waals surface area contributed by atoms with E-state index in [0.29, 0.717) is 16.7 Å². The predicted octanol–water partition coefficient (Wildman–Crippen LogP) is 6.03. The van der Waals surface area contributed by atoms with Gasteiger partial charge in [0.1, 0.15) is 12.4 Å². The highest BCUT2D eigenvalue weighted by Gasteiger charge is 2.24. The van der Waals surface area contributed by atoms with Gasteiger partial charge in [-0.25, -0.2) is 4.99 Å². The second-order valence-electron chi connectivity index (χ2n) is 7.28. The third-order valence-electron chi connectivity index (χ3n) is 4.97. The molecule has 3 aromatic rings. The first kappa shape index (κ1) is 20.9. The van der Waals surface area contributed by atoms with Gasteiger partial charge in [-0.3, -0.25) is 4.79 Å². The summed E-state index contributed by atoms with van der Waals surface area (Å²) in [5.41, 5.74) is 5.22. The predicted molar refractivity (Wildman–Crippen MR) is 129 cm³/mol. The van der Waals surface area contributed by atoms with Crippen molar-refractivity contribution in [3.05, 3.63) is 100.0 Å². The largest absolute Gasteiger partial charge is 0.488 e. The Kier molecular flexibility index (Phi) is 6.53. The van der Waals surface area contributed by atoms with Crippen LogP contribution in [-0.2, 0) is 17.8 Å². The van der Waals surface area contributed by atoms with E-state index in [1.165, 1.54) is 17.3 Å². The zero-order valence-electron chi connectivity index (χ0n) is 17.6. The normalized spacial score (nSPS) is 16.0. The number of hydrogen-bond donors (Lipinski definition) is 1. The minimum absolute atomic E-state index is 0.147. The Labute approximate surface area is 187 Å². The average molecular weight is 429 g/mol.